The summed E-state index contributed by atoms with van der Waals surface area (Å²) in [5, 5.41) is 0. The summed E-state index contributed by atoms with van der Waals surface area (Å²) in [5.74, 6) is 0.114. The molecule has 2 aromatic carbocycles. The molecule has 3 rings (SSSR count). The fraction of sp³-hybridized carbons (Fsp3) is 0.400. The number of hydrogen-bond donors (Lipinski definition) is 0. The van der Waals surface area contributed by atoms with E-state index in [9.17, 15) is 14.4 Å². The molecule has 1 saturated heterocycles. The number of carbonyl (C=O) groups excluding carboxylic acids is 3. The smallest absolute Gasteiger partial charge is 0.316 e. The number of ether oxygens (including phenoxy) is 2. The number of ketones is 1. The molecule has 1 amide bonds. The zero-order valence-electron chi connectivity index (χ0n) is 18.3. The summed E-state index contributed by atoms with van der Waals surface area (Å²) in [6.45, 7) is 4.14. The van der Waals surface area contributed by atoms with Gasteiger partial charge in [0.2, 0.25) is 5.91 Å². The van der Waals surface area contributed by atoms with Gasteiger partial charge in [0.05, 0.1) is 19.1 Å². The van der Waals surface area contributed by atoms with E-state index in [1.54, 1.807) is 36.3 Å². The van der Waals surface area contributed by atoms with Crippen LogP contribution < -0.4 is 9.47 Å². The molecule has 0 aromatic heterocycles. The van der Waals surface area contributed by atoms with E-state index < -0.39 is 12.0 Å². The van der Waals surface area contributed by atoms with Crippen molar-refractivity contribution in [2.45, 2.75) is 45.6 Å². The minimum absolute atomic E-state index is 0.0409. The van der Waals surface area contributed by atoms with Gasteiger partial charge in [0.1, 0.15) is 11.5 Å². The fourth-order valence-corrected chi connectivity index (χ4v) is 4.04. The predicted octanol–water partition coefficient (Wildman–Crippen LogP) is 4.58. The van der Waals surface area contributed by atoms with Crippen molar-refractivity contribution < 1.29 is 23.9 Å². The third-order valence-electron chi connectivity index (χ3n) is 5.70. The third kappa shape index (κ3) is 5.13. The van der Waals surface area contributed by atoms with Crippen molar-refractivity contribution in [1.82, 2.24) is 4.90 Å². The highest BCUT2D eigenvalue weighted by Gasteiger charge is 2.42. The number of piperidine rings is 1. The number of Topliss-reactive ketones (excluding diaryl/α,β-unsaturated/α-hetero) is 1. The lowest BCUT2D eigenvalue weighted by molar-refractivity contribution is -0.150. The van der Waals surface area contributed by atoms with Crippen LogP contribution in [0.4, 0.5) is 0 Å². The van der Waals surface area contributed by atoms with Crippen LogP contribution in [-0.2, 0) is 9.59 Å². The first-order valence-corrected chi connectivity index (χ1v) is 10.7. The standard InChI is InChI=1S/C25H29NO5/c1-4-5-16-26-23(28)15-14-21(24(26)20-8-6-7-9-22(20)30-3)25(29)31-19-12-10-18(11-13-19)17(2)27/h6-13,21,24H,4-5,14-16H2,1-3H3/t21-,24-/m1/s1. The van der Waals surface area contributed by atoms with Crippen LogP contribution in [0, 0.1) is 5.92 Å². The van der Waals surface area contributed by atoms with E-state index in [2.05, 4.69) is 6.92 Å². The molecule has 6 heteroatoms. The van der Waals surface area contributed by atoms with Gasteiger partial charge in [-0.1, -0.05) is 31.5 Å². The van der Waals surface area contributed by atoms with Gasteiger partial charge >= 0.3 is 5.97 Å². The van der Waals surface area contributed by atoms with E-state index in [0.717, 1.165) is 18.4 Å². The van der Waals surface area contributed by atoms with Crippen LogP contribution in [0.3, 0.4) is 0 Å². The molecule has 0 unspecified atom stereocenters. The van der Waals surface area contributed by atoms with Gasteiger partial charge in [0, 0.05) is 24.1 Å². The van der Waals surface area contributed by atoms with Crippen molar-refractivity contribution in [2.75, 3.05) is 13.7 Å². The highest BCUT2D eigenvalue weighted by molar-refractivity contribution is 5.94. The lowest BCUT2D eigenvalue weighted by Gasteiger charge is -2.40. The van der Waals surface area contributed by atoms with Crippen molar-refractivity contribution in [3.63, 3.8) is 0 Å². The molecule has 1 aliphatic rings. The van der Waals surface area contributed by atoms with Gasteiger partial charge in [-0.15, -0.1) is 0 Å². The van der Waals surface area contributed by atoms with Gasteiger partial charge in [-0.2, -0.15) is 0 Å². The topological polar surface area (TPSA) is 72.9 Å². The second-order valence-corrected chi connectivity index (χ2v) is 7.77. The normalized spacial score (nSPS) is 18.5. The van der Waals surface area contributed by atoms with Crippen molar-refractivity contribution in [3.05, 3.63) is 59.7 Å². The molecule has 1 aliphatic heterocycles. The van der Waals surface area contributed by atoms with Gasteiger partial charge in [-0.05, 0) is 50.1 Å². The Morgan fingerprint density at radius 1 is 1.10 bits per heavy atom. The predicted molar refractivity (Wildman–Crippen MR) is 117 cm³/mol. The highest BCUT2D eigenvalue weighted by Crippen LogP contribution is 2.41. The van der Waals surface area contributed by atoms with E-state index in [1.165, 1.54) is 6.92 Å². The van der Waals surface area contributed by atoms with E-state index >= 15 is 0 Å². The van der Waals surface area contributed by atoms with Crippen LogP contribution in [0.5, 0.6) is 11.5 Å². The van der Waals surface area contributed by atoms with Crippen LogP contribution in [0.25, 0.3) is 0 Å². The van der Waals surface area contributed by atoms with Crippen molar-refractivity contribution in [3.8, 4) is 11.5 Å². The summed E-state index contributed by atoms with van der Waals surface area (Å²) in [6, 6.07) is 13.6. The summed E-state index contributed by atoms with van der Waals surface area (Å²) in [4.78, 5) is 39.3. The number of esters is 1. The number of methoxy groups -OCH3 is 1. The zero-order valence-corrected chi connectivity index (χ0v) is 18.3. The number of carbonyl (C=O) groups is 3. The maximum absolute atomic E-state index is 13.2. The van der Waals surface area contributed by atoms with E-state index in [-0.39, 0.29) is 17.7 Å². The maximum atomic E-state index is 13.2. The Hall–Kier alpha value is -3.15. The quantitative estimate of drug-likeness (QED) is 0.353. The molecule has 2 aromatic rings. The Bertz CT molecular complexity index is 937. The van der Waals surface area contributed by atoms with E-state index in [1.807, 2.05) is 24.3 Å². The molecule has 0 aliphatic carbocycles. The van der Waals surface area contributed by atoms with Gasteiger partial charge < -0.3 is 14.4 Å². The maximum Gasteiger partial charge on any atom is 0.316 e. The van der Waals surface area contributed by atoms with Gasteiger partial charge in [-0.25, -0.2) is 0 Å². The highest BCUT2D eigenvalue weighted by atomic mass is 16.5. The van der Waals surface area contributed by atoms with Gasteiger partial charge in [0.15, 0.2) is 5.78 Å². The van der Waals surface area contributed by atoms with Gasteiger partial charge in [0.25, 0.3) is 0 Å². The van der Waals surface area contributed by atoms with E-state index in [4.69, 9.17) is 9.47 Å². The van der Waals surface area contributed by atoms with Crippen molar-refractivity contribution in [2.24, 2.45) is 5.92 Å². The second kappa shape index (κ2) is 10.2. The lowest BCUT2D eigenvalue weighted by atomic mass is 9.83. The molecule has 1 fully saturated rings. The van der Waals surface area contributed by atoms with Gasteiger partial charge in [-0.3, -0.25) is 14.4 Å². The van der Waals surface area contributed by atoms with Crippen LogP contribution in [-0.4, -0.2) is 36.2 Å². The first-order valence-electron chi connectivity index (χ1n) is 10.7. The molecule has 2 atom stereocenters. The molecule has 164 valence electrons. The van der Waals surface area contributed by atoms with Crippen LogP contribution >= 0.6 is 0 Å². The number of hydrogen-bond acceptors (Lipinski definition) is 5. The first kappa shape index (κ1) is 22.5. The largest absolute Gasteiger partial charge is 0.496 e. The molecule has 1 heterocycles. The average molecular weight is 424 g/mol. The Balaban J connectivity index is 1.92. The van der Waals surface area contributed by atoms with Crippen LogP contribution in [0.15, 0.2) is 48.5 Å². The molecular weight excluding hydrogens is 394 g/mol. The number of benzene rings is 2. The Kier molecular flexibility index (Phi) is 7.45. The summed E-state index contributed by atoms with van der Waals surface area (Å²) < 4.78 is 11.2. The number of amides is 1. The van der Waals surface area contributed by atoms with E-state index in [0.29, 0.717) is 36.4 Å². The third-order valence-corrected chi connectivity index (χ3v) is 5.70. The Morgan fingerprint density at radius 2 is 1.81 bits per heavy atom. The molecule has 0 radical (unpaired) electrons. The molecule has 6 nitrogen and oxygen atoms in total. The Morgan fingerprint density at radius 3 is 2.45 bits per heavy atom. The molecule has 0 N–H and O–H groups in total. The summed E-state index contributed by atoms with van der Waals surface area (Å²) in [5.41, 5.74) is 1.36. The number of rotatable bonds is 8. The molecular formula is C25H29NO5. The monoisotopic (exact) mass is 423 g/mol. The average Bonchev–Trinajstić information content (AvgIpc) is 2.78. The fourth-order valence-electron chi connectivity index (χ4n) is 4.04. The minimum Gasteiger partial charge on any atom is -0.496 e. The second-order valence-electron chi connectivity index (χ2n) is 7.77. The zero-order chi connectivity index (χ0) is 22.4. The minimum atomic E-state index is -0.515. The number of para-hydroxylation sites is 1. The summed E-state index contributed by atoms with van der Waals surface area (Å²) in [6.07, 6.45) is 2.51. The van der Waals surface area contributed by atoms with Crippen LogP contribution in [0.1, 0.15) is 61.5 Å². The summed E-state index contributed by atoms with van der Waals surface area (Å²) >= 11 is 0. The lowest BCUT2D eigenvalue weighted by Crippen LogP contribution is -2.46. The molecule has 0 spiro atoms. The van der Waals surface area contributed by atoms with Crippen molar-refractivity contribution in [1.29, 1.82) is 0 Å². The molecule has 0 bridgehead atoms. The number of unbranched alkanes of at least 4 members (excludes halogenated alkanes) is 1. The molecule has 31 heavy (non-hydrogen) atoms. The Labute approximate surface area is 183 Å². The SMILES string of the molecule is CCCCN1C(=O)CC[C@@H](C(=O)Oc2ccc(C(C)=O)cc2)[C@H]1c1ccccc1OC. The first-order chi connectivity index (χ1) is 15.0. The molecule has 0 saturated carbocycles. The number of nitrogens with zero attached hydrogens (tertiary/aromatic N) is 1. The van der Waals surface area contributed by atoms with Crippen molar-refractivity contribution >= 4 is 17.7 Å². The summed E-state index contributed by atoms with van der Waals surface area (Å²) in [7, 11) is 1.59. The number of likely N-dealkylation sites (tertiary alicyclic amines) is 1. The van der Waals surface area contributed by atoms with Crippen LogP contribution in [0.2, 0.25) is 0 Å².